The average molecular weight is 411 g/mol. The van der Waals surface area contributed by atoms with Crippen molar-refractivity contribution in [2.45, 2.75) is 25.4 Å². The van der Waals surface area contributed by atoms with Gasteiger partial charge in [-0.1, -0.05) is 6.07 Å². The lowest BCUT2D eigenvalue weighted by molar-refractivity contribution is 0.112. The van der Waals surface area contributed by atoms with Crippen molar-refractivity contribution in [3.05, 3.63) is 30.1 Å². The summed E-state index contributed by atoms with van der Waals surface area (Å²) in [5.41, 5.74) is 0.940. The third-order valence-corrected chi connectivity index (χ3v) is 5.77. The summed E-state index contributed by atoms with van der Waals surface area (Å²) in [6.45, 7) is 1.80. The Bertz CT molecular complexity index is 731. The fraction of sp³-hybridized carbons (Fsp3) is 0.667. The maximum Gasteiger partial charge on any atom is 0.303 e. The van der Waals surface area contributed by atoms with Crippen LogP contribution < -0.4 is 0 Å². The molecule has 0 unspecified atom stereocenters. The van der Waals surface area contributed by atoms with Gasteiger partial charge in [0.15, 0.2) is 0 Å². The van der Waals surface area contributed by atoms with E-state index in [1.165, 1.54) is 0 Å². The summed E-state index contributed by atoms with van der Waals surface area (Å²) in [4.78, 5) is 8.02. The molecule has 0 aliphatic carbocycles. The Morgan fingerprint density at radius 1 is 1.04 bits per heavy atom. The number of aromatic nitrogens is 1. The van der Waals surface area contributed by atoms with E-state index in [2.05, 4.69) is 9.88 Å². The maximum absolute atomic E-state index is 12.8. The van der Waals surface area contributed by atoms with E-state index >= 15 is 0 Å². The second kappa shape index (κ2) is 9.16. The van der Waals surface area contributed by atoms with Crippen LogP contribution in [0.3, 0.4) is 0 Å². The van der Waals surface area contributed by atoms with Crippen LogP contribution in [0.5, 0.6) is 0 Å². The number of hydrogen-bond acceptors (Lipinski definition) is 7. The van der Waals surface area contributed by atoms with Gasteiger partial charge in [0.25, 0.3) is 0 Å². The quantitative estimate of drug-likeness (QED) is 0.559. The van der Waals surface area contributed by atoms with Crippen molar-refractivity contribution < 1.29 is 24.6 Å². The second-order valence-corrected chi connectivity index (χ2v) is 9.32. The van der Waals surface area contributed by atoms with Gasteiger partial charge in [0.05, 0.1) is 17.2 Å². The van der Waals surface area contributed by atoms with Gasteiger partial charge in [-0.25, -0.2) is 0 Å². The summed E-state index contributed by atoms with van der Waals surface area (Å²) >= 11 is 0. The highest BCUT2D eigenvalue weighted by atomic mass is 32.3. The fourth-order valence-corrected chi connectivity index (χ4v) is 4.00. The summed E-state index contributed by atoms with van der Waals surface area (Å²) < 4.78 is 68.8. The lowest BCUT2D eigenvalue weighted by atomic mass is 10.0. The first-order valence-corrected chi connectivity index (χ1v) is 11.4. The van der Waals surface area contributed by atoms with Gasteiger partial charge in [0, 0.05) is 45.0 Å². The SMILES string of the molecule is O=S(=O)(F)CCN(CCS(=O)(=O)F)C1CCN(Cc2ccccn2)CC1. The van der Waals surface area contributed by atoms with Crippen LogP contribution >= 0.6 is 0 Å². The van der Waals surface area contributed by atoms with E-state index in [1.807, 2.05) is 18.2 Å². The third kappa shape index (κ3) is 8.02. The molecule has 0 bridgehead atoms. The molecule has 2 rings (SSSR count). The molecule has 0 saturated carbocycles. The fourth-order valence-electron chi connectivity index (χ4n) is 3.09. The minimum absolute atomic E-state index is 0.113. The average Bonchev–Trinajstić information content (AvgIpc) is 2.55. The van der Waals surface area contributed by atoms with Crippen molar-refractivity contribution in [3.63, 3.8) is 0 Å². The molecule has 0 radical (unpaired) electrons. The van der Waals surface area contributed by atoms with E-state index in [1.54, 1.807) is 11.1 Å². The number of halogens is 2. The third-order valence-electron chi connectivity index (χ3n) is 4.43. The molecule has 1 fully saturated rings. The zero-order valence-electron chi connectivity index (χ0n) is 14.3. The van der Waals surface area contributed by atoms with Crippen LogP contribution in [-0.2, 0) is 27.0 Å². The molecule has 148 valence electrons. The van der Waals surface area contributed by atoms with Crippen LogP contribution in [0, 0.1) is 0 Å². The minimum Gasteiger partial charge on any atom is -0.298 e. The molecule has 1 saturated heterocycles. The van der Waals surface area contributed by atoms with Crippen LogP contribution in [0.2, 0.25) is 0 Å². The molecule has 1 aromatic rings. The van der Waals surface area contributed by atoms with E-state index in [4.69, 9.17) is 0 Å². The monoisotopic (exact) mass is 411 g/mol. The zero-order valence-corrected chi connectivity index (χ0v) is 15.9. The first-order valence-electron chi connectivity index (χ1n) is 8.33. The van der Waals surface area contributed by atoms with Gasteiger partial charge >= 0.3 is 20.4 Å². The first-order chi connectivity index (χ1) is 12.1. The number of hydrogen-bond donors (Lipinski definition) is 0. The Morgan fingerprint density at radius 3 is 2.08 bits per heavy atom. The number of likely N-dealkylation sites (tertiary alicyclic amines) is 1. The van der Waals surface area contributed by atoms with E-state index < -0.39 is 32.0 Å². The molecule has 11 heteroatoms. The van der Waals surface area contributed by atoms with Crippen molar-refractivity contribution in [1.29, 1.82) is 0 Å². The predicted molar refractivity (Wildman–Crippen MR) is 93.9 cm³/mol. The first kappa shape index (κ1) is 21.1. The largest absolute Gasteiger partial charge is 0.303 e. The van der Waals surface area contributed by atoms with E-state index in [0.29, 0.717) is 32.5 Å². The molecule has 1 aliphatic heterocycles. The van der Waals surface area contributed by atoms with Crippen LogP contribution in [0.15, 0.2) is 24.4 Å². The molecule has 0 N–H and O–H groups in total. The van der Waals surface area contributed by atoms with Crippen LogP contribution in [0.25, 0.3) is 0 Å². The standard InChI is InChI=1S/C15H23F2N3O4S2/c16-25(21,22)11-9-20(10-12-26(17,23)24)15-4-7-19(8-5-15)13-14-3-1-2-6-18-14/h1-3,6,15H,4-5,7-13H2. The van der Waals surface area contributed by atoms with E-state index in [0.717, 1.165) is 5.69 Å². The molecule has 1 aromatic heterocycles. The van der Waals surface area contributed by atoms with Crippen LogP contribution in [0.1, 0.15) is 18.5 Å². The highest BCUT2D eigenvalue weighted by Gasteiger charge is 2.27. The number of nitrogens with zero attached hydrogens (tertiary/aromatic N) is 3. The Morgan fingerprint density at radius 2 is 1.62 bits per heavy atom. The summed E-state index contributed by atoms with van der Waals surface area (Å²) in [6, 6.07) is 5.56. The Labute approximate surface area is 153 Å². The molecular formula is C15H23F2N3O4S2. The molecule has 0 atom stereocenters. The topological polar surface area (TPSA) is 87.7 Å². The van der Waals surface area contributed by atoms with Gasteiger partial charge in [0.1, 0.15) is 0 Å². The zero-order chi connectivity index (χ0) is 19.2. The molecule has 2 heterocycles. The van der Waals surface area contributed by atoms with E-state index in [-0.39, 0.29) is 19.1 Å². The number of pyridine rings is 1. The van der Waals surface area contributed by atoms with Crippen LogP contribution in [0.4, 0.5) is 7.77 Å². The van der Waals surface area contributed by atoms with Gasteiger partial charge in [-0.3, -0.25) is 14.8 Å². The van der Waals surface area contributed by atoms with Crippen molar-refractivity contribution in [3.8, 4) is 0 Å². The molecule has 26 heavy (non-hydrogen) atoms. The Hall–Kier alpha value is -1.17. The highest BCUT2D eigenvalue weighted by Crippen LogP contribution is 2.18. The predicted octanol–water partition coefficient (Wildman–Crippen LogP) is 0.947. The van der Waals surface area contributed by atoms with Crippen molar-refractivity contribution in [2.75, 3.05) is 37.7 Å². The van der Waals surface area contributed by atoms with Gasteiger partial charge in [-0.05, 0) is 25.0 Å². The minimum atomic E-state index is -4.67. The summed E-state index contributed by atoms with van der Waals surface area (Å²) in [5.74, 6) is -1.46. The van der Waals surface area contributed by atoms with Crippen molar-refractivity contribution in [1.82, 2.24) is 14.8 Å². The second-order valence-electron chi connectivity index (χ2n) is 6.35. The van der Waals surface area contributed by atoms with Crippen molar-refractivity contribution in [2.24, 2.45) is 0 Å². The molecule has 1 aliphatic rings. The summed E-state index contributed by atoms with van der Waals surface area (Å²) in [6.07, 6.45) is 3.04. The normalized spacial score (nSPS) is 17.7. The lowest BCUT2D eigenvalue weighted by Crippen LogP contribution is -2.47. The smallest absolute Gasteiger partial charge is 0.298 e. The number of rotatable bonds is 9. The van der Waals surface area contributed by atoms with Gasteiger partial charge in [-0.2, -0.15) is 16.8 Å². The van der Waals surface area contributed by atoms with Crippen LogP contribution in [-0.4, -0.2) is 75.3 Å². The van der Waals surface area contributed by atoms with Gasteiger partial charge in [-0.15, -0.1) is 7.77 Å². The molecule has 0 amide bonds. The summed E-state index contributed by atoms with van der Waals surface area (Å²) in [7, 11) is -9.33. The van der Waals surface area contributed by atoms with E-state index in [9.17, 15) is 24.6 Å². The summed E-state index contributed by atoms with van der Waals surface area (Å²) in [5, 5.41) is 0. The Balaban J connectivity index is 1.91. The molecule has 7 nitrogen and oxygen atoms in total. The molecular weight excluding hydrogens is 388 g/mol. The lowest BCUT2D eigenvalue weighted by Gasteiger charge is -2.38. The number of piperidine rings is 1. The molecule has 0 spiro atoms. The molecule has 0 aromatic carbocycles. The maximum atomic E-state index is 12.8. The highest BCUT2D eigenvalue weighted by molar-refractivity contribution is 7.86. The van der Waals surface area contributed by atoms with Gasteiger partial charge < -0.3 is 0 Å². The van der Waals surface area contributed by atoms with Gasteiger partial charge in [0.2, 0.25) is 0 Å². The van der Waals surface area contributed by atoms with Crippen molar-refractivity contribution >= 4 is 20.4 Å². The Kier molecular flexibility index (Phi) is 7.44.